The third-order valence-electron chi connectivity index (χ3n) is 4.18. The van der Waals surface area contributed by atoms with Gasteiger partial charge < -0.3 is 5.32 Å². The topological polar surface area (TPSA) is 55.2 Å². The summed E-state index contributed by atoms with van der Waals surface area (Å²) < 4.78 is 0.885. The first kappa shape index (κ1) is 15.3. The summed E-state index contributed by atoms with van der Waals surface area (Å²) in [6.07, 6.45) is 4.89. The van der Waals surface area contributed by atoms with Gasteiger partial charge in [0.1, 0.15) is 0 Å². The number of halogens is 1. The van der Waals surface area contributed by atoms with Crippen LogP contribution in [-0.2, 0) is 0 Å². The molecule has 0 aliphatic heterocycles. The van der Waals surface area contributed by atoms with Crippen molar-refractivity contribution in [1.82, 2.24) is 0 Å². The Morgan fingerprint density at radius 2 is 2.05 bits per heavy atom. The number of hydrogen-bond donors (Lipinski definition) is 1. The van der Waals surface area contributed by atoms with Crippen molar-refractivity contribution < 1.29 is 4.92 Å². The molecule has 5 heteroatoms. The summed E-state index contributed by atoms with van der Waals surface area (Å²) >= 11 is 3.48. The number of nitro groups is 1. The maximum atomic E-state index is 10.9. The molecule has 1 aliphatic rings. The van der Waals surface area contributed by atoms with Crippen molar-refractivity contribution in [3.63, 3.8) is 0 Å². The summed E-state index contributed by atoms with van der Waals surface area (Å²) in [6.45, 7) is 4.51. The molecule has 0 bridgehead atoms. The number of non-ortho nitro benzene ring substituents is 1. The number of nitro benzene ring substituents is 1. The molecule has 2 atom stereocenters. The third-order valence-corrected chi connectivity index (χ3v) is 4.87. The zero-order valence-corrected chi connectivity index (χ0v) is 13.5. The number of hydrogen-bond acceptors (Lipinski definition) is 3. The van der Waals surface area contributed by atoms with Crippen LogP contribution in [0.2, 0.25) is 0 Å². The van der Waals surface area contributed by atoms with Gasteiger partial charge in [-0.15, -0.1) is 0 Å². The molecule has 1 fully saturated rings. The van der Waals surface area contributed by atoms with Gasteiger partial charge in [0.05, 0.1) is 10.6 Å². The maximum absolute atomic E-state index is 10.9. The van der Waals surface area contributed by atoms with E-state index in [2.05, 4.69) is 35.1 Å². The zero-order chi connectivity index (χ0) is 14.7. The molecule has 2 rings (SSSR count). The van der Waals surface area contributed by atoms with Gasteiger partial charge in [0.25, 0.3) is 5.69 Å². The summed E-state index contributed by atoms with van der Waals surface area (Å²) in [5.41, 5.74) is 0.962. The average molecular weight is 341 g/mol. The number of nitrogens with one attached hydrogen (secondary N) is 1. The predicted molar refractivity (Wildman–Crippen MR) is 85.0 cm³/mol. The van der Waals surface area contributed by atoms with Crippen LogP contribution in [0.15, 0.2) is 22.7 Å². The Morgan fingerprint density at radius 1 is 1.35 bits per heavy atom. The molecular formula is C15H21BrN2O2. The van der Waals surface area contributed by atoms with Gasteiger partial charge in [-0.3, -0.25) is 10.1 Å². The molecule has 1 aliphatic carbocycles. The molecule has 0 saturated heterocycles. The Bertz CT molecular complexity index is 491. The van der Waals surface area contributed by atoms with Crippen molar-refractivity contribution in [3.05, 3.63) is 32.8 Å². The second kappa shape index (κ2) is 6.57. The standard InChI is InChI=1S/C15H21BrN2O2/c1-10(2)12-5-3-4-6-14(12)17-15-9-11(18(19)20)7-8-13(15)16/h7-10,12,14,17H,3-6H2,1-2H3. The highest BCUT2D eigenvalue weighted by Crippen LogP contribution is 2.35. The van der Waals surface area contributed by atoms with E-state index < -0.39 is 0 Å². The Labute approximate surface area is 128 Å². The Balaban J connectivity index is 2.19. The molecule has 2 unspecified atom stereocenters. The third kappa shape index (κ3) is 3.51. The quantitative estimate of drug-likeness (QED) is 0.620. The largest absolute Gasteiger partial charge is 0.381 e. The van der Waals surface area contributed by atoms with Gasteiger partial charge in [0.15, 0.2) is 0 Å². The first-order valence-corrected chi connectivity index (χ1v) is 7.99. The molecule has 20 heavy (non-hydrogen) atoms. The molecule has 1 saturated carbocycles. The monoisotopic (exact) mass is 340 g/mol. The van der Waals surface area contributed by atoms with Crippen molar-refractivity contribution in [2.24, 2.45) is 11.8 Å². The number of benzene rings is 1. The van der Waals surface area contributed by atoms with Gasteiger partial charge >= 0.3 is 0 Å². The maximum Gasteiger partial charge on any atom is 0.271 e. The first-order valence-electron chi connectivity index (χ1n) is 7.19. The summed E-state index contributed by atoms with van der Waals surface area (Å²) in [5, 5.41) is 14.4. The van der Waals surface area contributed by atoms with Crippen LogP contribution < -0.4 is 5.32 Å². The van der Waals surface area contributed by atoms with E-state index in [1.165, 1.54) is 25.3 Å². The van der Waals surface area contributed by atoms with Gasteiger partial charge in [-0.1, -0.05) is 26.7 Å². The van der Waals surface area contributed by atoms with Crippen molar-refractivity contribution in [2.75, 3.05) is 5.32 Å². The first-order chi connectivity index (χ1) is 9.49. The average Bonchev–Trinajstić information content (AvgIpc) is 2.41. The lowest BCUT2D eigenvalue weighted by Gasteiger charge is -2.35. The Hall–Kier alpha value is -1.10. The van der Waals surface area contributed by atoms with Crippen LogP contribution in [0, 0.1) is 22.0 Å². The molecule has 0 amide bonds. The van der Waals surface area contributed by atoms with E-state index >= 15 is 0 Å². The van der Waals surface area contributed by atoms with Crippen LogP contribution >= 0.6 is 15.9 Å². The van der Waals surface area contributed by atoms with E-state index in [0.717, 1.165) is 16.6 Å². The molecule has 0 radical (unpaired) electrons. The Morgan fingerprint density at radius 3 is 2.70 bits per heavy atom. The van der Waals surface area contributed by atoms with Crippen molar-refractivity contribution in [1.29, 1.82) is 0 Å². The lowest BCUT2D eigenvalue weighted by molar-refractivity contribution is -0.384. The van der Waals surface area contributed by atoms with E-state index in [4.69, 9.17) is 0 Å². The second-order valence-electron chi connectivity index (χ2n) is 5.86. The SMILES string of the molecule is CC(C)C1CCCCC1Nc1cc([N+](=O)[O-])ccc1Br. The molecule has 110 valence electrons. The van der Waals surface area contributed by atoms with E-state index in [1.54, 1.807) is 12.1 Å². The van der Waals surface area contributed by atoms with Crippen LogP contribution in [0.4, 0.5) is 11.4 Å². The zero-order valence-electron chi connectivity index (χ0n) is 11.9. The van der Waals surface area contributed by atoms with Crippen LogP contribution in [0.5, 0.6) is 0 Å². The van der Waals surface area contributed by atoms with Crippen LogP contribution in [0.1, 0.15) is 39.5 Å². The fourth-order valence-electron chi connectivity index (χ4n) is 3.07. The van der Waals surface area contributed by atoms with Crippen molar-refractivity contribution in [2.45, 2.75) is 45.6 Å². The highest BCUT2D eigenvalue weighted by Gasteiger charge is 2.28. The molecule has 1 N–H and O–H groups in total. The van der Waals surface area contributed by atoms with E-state index in [-0.39, 0.29) is 10.6 Å². The highest BCUT2D eigenvalue weighted by atomic mass is 79.9. The molecule has 4 nitrogen and oxygen atoms in total. The molecule has 1 aromatic carbocycles. The summed E-state index contributed by atoms with van der Waals surface area (Å²) in [5.74, 6) is 1.26. The van der Waals surface area contributed by atoms with Crippen molar-refractivity contribution in [3.8, 4) is 0 Å². The second-order valence-corrected chi connectivity index (χ2v) is 6.72. The Kier molecular flexibility index (Phi) is 5.02. The highest BCUT2D eigenvalue weighted by molar-refractivity contribution is 9.10. The van der Waals surface area contributed by atoms with Gasteiger partial charge in [0.2, 0.25) is 0 Å². The van der Waals surface area contributed by atoms with E-state index in [0.29, 0.717) is 17.9 Å². The fraction of sp³-hybridized carbons (Fsp3) is 0.600. The minimum Gasteiger partial charge on any atom is -0.381 e. The van der Waals surface area contributed by atoms with Gasteiger partial charge in [-0.2, -0.15) is 0 Å². The summed E-state index contributed by atoms with van der Waals surface area (Å²) in [4.78, 5) is 10.5. The molecule has 1 aromatic rings. The minimum absolute atomic E-state index is 0.132. The van der Waals surface area contributed by atoms with Crippen LogP contribution in [0.25, 0.3) is 0 Å². The minimum atomic E-state index is -0.349. The van der Waals surface area contributed by atoms with Crippen LogP contribution in [-0.4, -0.2) is 11.0 Å². The van der Waals surface area contributed by atoms with Gasteiger partial charge in [0, 0.05) is 22.6 Å². The molecular weight excluding hydrogens is 320 g/mol. The van der Waals surface area contributed by atoms with E-state index in [1.807, 2.05) is 0 Å². The fourth-order valence-corrected chi connectivity index (χ4v) is 3.43. The normalized spacial score (nSPS) is 22.8. The predicted octanol–water partition coefficient (Wildman–Crippen LogP) is 4.98. The molecule has 0 heterocycles. The van der Waals surface area contributed by atoms with Gasteiger partial charge in [-0.05, 0) is 46.7 Å². The van der Waals surface area contributed by atoms with E-state index in [9.17, 15) is 10.1 Å². The number of rotatable bonds is 4. The lowest BCUT2D eigenvalue weighted by Crippen LogP contribution is -2.35. The summed E-state index contributed by atoms with van der Waals surface area (Å²) in [7, 11) is 0. The van der Waals surface area contributed by atoms with Gasteiger partial charge in [-0.25, -0.2) is 0 Å². The lowest BCUT2D eigenvalue weighted by atomic mass is 9.78. The summed E-state index contributed by atoms with van der Waals surface area (Å²) in [6, 6.07) is 5.29. The number of nitrogens with zero attached hydrogens (tertiary/aromatic N) is 1. The molecule has 0 spiro atoms. The smallest absolute Gasteiger partial charge is 0.271 e. The van der Waals surface area contributed by atoms with Crippen molar-refractivity contribution >= 4 is 27.3 Å². The molecule has 0 aromatic heterocycles. The number of anilines is 1. The van der Waals surface area contributed by atoms with Crippen LogP contribution in [0.3, 0.4) is 0 Å².